The van der Waals surface area contributed by atoms with Crippen LogP contribution in [-0.2, 0) is 0 Å². The molecule has 1 N–H and O–H groups in total. The molecule has 2 aromatic heterocycles. The fraction of sp³-hybridized carbons (Fsp3) is 0.211. The van der Waals surface area contributed by atoms with E-state index in [2.05, 4.69) is 10.1 Å². The highest BCUT2D eigenvalue weighted by molar-refractivity contribution is 6.37. The van der Waals surface area contributed by atoms with Crippen molar-refractivity contribution in [3.05, 3.63) is 66.5 Å². The molecule has 1 aromatic carbocycles. The van der Waals surface area contributed by atoms with E-state index in [-0.39, 0.29) is 27.4 Å². The van der Waals surface area contributed by atoms with Crippen LogP contribution in [0.5, 0.6) is 17.4 Å². The van der Waals surface area contributed by atoms with Gasteiger partial charge in [0, 0.05) is 5.56 Å². The lowest BCUT2D eigenvalue weighted by molar-refractivity contribution is 0.387. The molecule has 3 aromatic rings. The number of H-pyrrole nitrogens is 1. The van der Waals surface area contributed by atoms with E-state index in [9.17, 15) is 9.59 Å². The molecule has 0 atom stereocenters. The van der Waals surface area contributed by atoms with Crippen molar-refractivity contribution in [2.45, 2.75) is 19.8 Å². The molecule has 0 fully saturated rings. The summed E-state index contributed by atoms with van der Waals surface area (Å²) in [5, 5.41) is 12.8. The standard InChI is InChI=1S/C19H15Cl2N5O4/c1-9(2)12-6-11(8-23-18(12)29-3)30-16-13(20)4-10(5-14(16)21)26-19(28)24-17(27)15(7-22)25-26/h4-6,8-9H,1-3H3,(H,24,27,28). The fourth-order valence-electron chi connectivity index (χ4n) is 2.62. The summed E-state index contributed by atoms with van der Waals surface area (Å²) in [4.78, 5) is 29.8. The predicted molar refractivity (Wildman–Crippen MR) is 110 cm³/mol. The predicted octanol–water partition coefficient (Wildman–Crippen LogP) is 3.42. The second kappa shape index (κ2) is 8.57. The van der Waals surface area contributed by atoms with Crippen molar-refractivity contribution in [1.82, 2.24) is 19.7 Å². The SMILES string of the molecule is COc1ncc(Oc2c(Cl)cc(-n3nc(C#N)c(=O)[nH]c3=O)cc2Cl)cc1C(C)C. The molecule has 0 saturated carbocycles. The first-order chi connectivity index (χ1) is 14.2. The quantitative estimate of drug-likeness (QED) is 0.635. The number of nitrogens with one attached hydrogen (secondary N) is 1. The number of nitrogens with zero attached hydrogens (tertiary/aromatic N) is 4. The second-order valence-electron chi connectivity index (χ2n) is 6.40. The molecule has 30 heavy (non-hydrogen) atoms. The number of aromatic amines is 1. The van der Waals surface area contributed by atoms with Crippen LogP contribution in [0.15, 0.2) is 34.0 Å². The van der Waals surface area contributed by atoms with E-state index in [4.69, 9.17) is 37.9 Å². The van der Waals surface area contributed by atoms with Crippen LogP contribution >= 0.6 is 23.2 Å². The Morgan fingerprint density at radius 1 is 1.20 bits per heavy atom. The van der Waals surface area contributed by atoms with Crippen molar-refractivity contribution in [1.29, 1.82) is 5.26 Å². The van der Waals surface area contributed by atoms with Crippen LogP contribution in [0.3, 0.4) is 0 Å². The topological polar surface area (TPSA) is 123 Å². The number of ether oxygens (including phenoxy) is 2. The number of rotatable bonds is 5. The van der Waals surface area contributed by atoms with Crippen molar-refractivity contribution >= 4 is 23.2 Å². The molecule has 0 spiro atoms. The number of methoxy groups -OCH3 is 1. The van der Waals surface area contributed by atoms with E-state index in [1.807, 2.05) is 18.8 Å². The molecule has 3 rings (SSSR count). The van der Waals surface area contributed by atoms with E-state index in [1.54, 1.807) is 12.1 Å². The number of nitriles is 1. The molecule has 0 radical (unpaired) electrons. The van der Waals surface area contributed by atoms with Crippen LogP contribution in [0.2, 0.25) is 10.0 Å². The Balaban J connectivity index is 2.03. The Hall–Kier alpha value is -3.35. The summed E-state index contributed by atoms with van der Waals surface area (Å²) in [7, 11) is 1.53. The smallest absolute Gasteiger partial charge is 0.349 e. The Labute approximate surface area is 180 Å². The summed E-state index contributed by atoms with van der Waals surface area (Å²) in [5.74, 6) is 1.16. The van der Waals surface area contributed by atoms with E-state index in [0.717, 1.165) is 10.2 Å². The van der Waals surface area contributed by atoms with Crippen LogP contribution in [0.4, 0.5) is 0 Å². The van der Waals surface area contributed by atoms with E-state index < -0.39 is 16.9 Å². The van der Waals surface area contributed by atoms with Gasteiger partial charge in [0.1, 0.15) is 11.8 Å². The maximum absolute atomic E-state index is 12.1. The zero-order chi connectivity index (χ0) is 22.0. The van der Waals surface area contributed by atoms with Gasteiger partial charge in [-0.25, -0.2) is 9.78 Å². The lowest BCUT2D eigenvalue weighted by Crippen LogP contribution is -2.33. The monoisotopic (exact) mass is 447 g/mol. The minimum absolute atomic E-state index is 0.0813. The van der Waals surface area contributed by atoms with Gasteiger partial charge >= 0.3 is 5.69 Å². The third-order valence-corrected chi connectivity index (χ3v) is 4.61. The lowest BCUT2D eigenvalue weighted by Gasteiger charge is -2.15. The van der Waals surface area contributed by atoms with Crippen LogP contribution < -0.4 is 20.7 Å². The third kappa shape index (κ3) is 4.15. The summed E-state index contributed by atoms with van der Waals surface area (Å²) in [5.41, 5.74) is -1.23. The first-order valence-corrected chi connectivity index (χ1v) is 9.35. The highest BCUT2D eigenvalue weighted by Gasteiger charge is 2.17. The van der Waals surface area contributed by atoms with Gasteiger partial charge in [-0.05, 0) is 24.1 Å². The van der Waals surface area contributed by atoms with Gasteiger partial charge in [-0.15, -0.1) is 5.10 Å². The van der Waals surface area contributed by atoms with Crippen molar-refractivity contribution in [3.63, 3.8) is 0 Å². The number of halogens is 2. The molecule has 11 heteroatoms. The van der Waals surface area contributed by atoms with Gasteiger partial charge in [0.25, 0.3) is 5.56 Å². The van der Waals surface area contributed by atoms with Crippen LogP contribution in [0.1, 0.15) is 31.0 Å². The largest absolute Gasteiger partial charge is 0.481 e. The molecule has 2 heterocycles. The van der Waals surface area contributed by atoms with E-state index >= 15 is 0 Å². The van der Waals surface area contributed by atoms with Crippen LogP contribution in [0.25, 0.3) is 5.69 Å². The molecule has 0 aliphatic rings. The molecule has 0 saturated heterocycles. The number of hydrogen-bond acceptors (Lipinski definition) is 7. The Morgan fingerprint density at radius 3 is 2.43 bits per heavy atom. The van der Waals surface area contributed by atoms with Crippen LogP contribution in [0, 0.1) is 11.3 Å². The number of aromatic nitrogens is 4. The molecule has 9 nitrogen and oxygen atoms in total. The average molecular weight is 448 g/mol. The van der Waals surface area contributed by atoms with Crippen molar-refractivity contribution in [2.75, 3.05) is 7.11 Å². The summed E-state index contributed by atoms with van der Waals surface area (Å²) in [6.07, 6.45) is 1.47. The Kier molecular flexibility index (Phi) is 6.10. The normalized spacial score (nSPS) is 10.7. The maximum atomic E-state index is 12.1. The summed E-state index contributed by atoms with van der Waals surface area (Å²) >= 11 is 12.6. The molecule has 0 aliphatic heterocycles. The molecule has 0 bridgehead atoms. The Morgan fingerprint density at radius 2 is 1.87 bits per heavy atom. The molecule has 0 aliphatic carbocycles. The second-order valence-corrected chi connectivity index (χ2v) is 7.21. The first kappa shape index (κ1) is 21.4. The average Bonchev–Trinajstić information content (AvgIpc) is 2.70. The van der Waals surface area contributed by atoms with Crippen LogP contribution in [-0.4, -0.2) is 26.9 Å². The molecular formula is C19H15Cl2N5O4. The van der Waals surface area contributed by atoms with Gasteiger partial charge in [-0.3, -0.25) is 9.78 Å². The highest BCUT2D eigenvalue weighted by Crippen LogP contribution is 2.39. The zero-order valence-corrected chi connectivity index (χ0v) is 17.6. The van der Waals surface area contributed by atoms with Crippen molar-refractivity contribution < 1.29 is 9.47 Å². The number of pyridine rings is 1. The fourth-order valence-corrected chi connectivity index (χ4v) is 3.17. The van der Waals surface area contributed by atoms with Crippen molar-refractivity contribution in [3.8, 4) is 29.1 Å². The van der Waals surface area contributed by atoms with Crippen molar-refractivity contribution in [2.24, 2.45) is 0 Å². The summed E-state index contributed by atoms with van der Waals surface area (Å²) in [6, 6.07) is 6.12. The number of benzene rings is 1. The number of hydrogen-bond donors (Lipinski definition) is 1. The van der Waals surface area contributed by atoms with Gasteiger partial charge in [0.15, 0.2) is 5.75 Å². The van der Waals surface area contributed by atoms with Gasteiger partial charge in [-0.2, -0.15) is 9.94 Å². The lowest BCUT2D eigenvalue weighted by atomic mass is 10.1. The third-order valence-electron chi connectivity index (χ3n) is 4.05. The summed E-state index contributed by atoms with van der Waals surface area (Å²) in [6.45, 7) is 3.98. The molecule has 0 amide bonds. The van der Waals surface area contributed by atoms with Gasteiger partial charge in [0.2, 0.25) is 11.6 Å². The van der Waals surface area contributed by atoms with E-state index in [0.29, 0.717) is 11.6 Å². The highest BCUT2D eigenvalue weighted by atomic mass is 35.5. The maximum Gasteiger partial charge on any atom is 0.349 e. The zero-order valence-electron chi connectivity index (χ0n) is 16.1. The van der Waals surface area contributed by atoms with E-state index in [1.165, 1.54) is 25.4 Å². The molecular weight excluding hydrogens is 433 g/mol. The van der Waals surface area contributed by atoms with Gasteiger partial charge in [0.05, 0.1) is 29.0 Å². The minimum Gasteiger partial charge on any atom is -0.481 e. The summed E-state index contributed by atoms with van der Waals surface area (Å²) < 4.78 is 11.9. The van der Waals surface area contributed by atoms with Gasteiger partial charge in [-0.1, -0.05) is 37.0 Å². The first-order valence-electron chi connectivity index (χ1n) is 8.60. The van der Waals surface area contributed by atoms with Gasteiger partial charge < -0.3 is 9.47 Å². The minimum atomic E-state index is -0.885. The Bertz CT molecular complexity index is 1250. The molecule has 0 unspecified atom stereocenters. The molecule has 154 valence electrons.